The van der Waals surface area contributed by atoms with Gasteiger partial charge in [-0.05, 0) is 30.2 Å². The van der Waals surface area contributed by atoms with Crippen molar-refractivity contribution in [1.29, 1.82) is 0 Å². The van der Waals surface area contributed by atoms with E-state index in [4.69, 9.17) is 9.47 Å². The molecule has 3 aromatic carbocycles. The molecule has 0 fully saturated rings. The highest BCUT2D eigenvalue weighted by Gasteiger charge is 2.10. The molecule has 0 saturated carbocycles. The first-order valence-corrected chi connectivity index (χ1v) is 8.30. The highest BCUT2D eigenvalue weighted by atomic mass is 16.5. The number of rotatable bonds is 7. The Morgan fingerprint density at radius 2 is 1.29 bits per heavy atom. The second-order valence-corrected chi connectivity index (χ2v) is 5.70. The van der Waals surface area contributed by atoms with Gasteiger partial charge in [-0.2, -0.15) is 0 Å². The minimum Gasteiger partial charge on any atom is -0.489 e. The average molecular weight is 318 g/mol. The summed E-state index contributed by atoms with van der Waals surface area (Å²) >= 11 is 0. The van der Waals surface area contributed by atoms with E-state index in [-0.39, 0.29) is 6.10 Å². The molecule has 1 atom stereocenters. The molecule has 0 radical (unpaired) electrons. The summed E-state index contributed by atoms with van der Waals surface area (Å²) < 4.78 is 12.1. The van der Waals surface area contributed by atoms with Crippen molar-refractivity contribution in [2.24, 2.45) is 0 Å². The molecule has 0 aromatic heterocycles. The maximum absolute atomic E-state index is 6.11. The van der Waals surface area contributed by atoms with E-state index in [0.29, 0.717) is 6.61 Å². The van der Waals surface area contributed by atoms with Crippen molar-refractivity contribution in [3.05, 3.63) is 96.1 Å². The lowest BCUT2D eigenvalue weighted by Gasteiger charge is -2.18. The topological polar surface area (TPSA) is 18.5 Å². The van der Waals surface area contributed by atoms with E-state index in [1.165, 1.54) is 5.56 Å². The number of ether oxygens (including phenoxy) is 2. The summed E-state index contributed by atoms with van der Waals surface area (Å²) in [6, 6.07) is 28.4. The van der Waals surface area contributed by atoms with Crippen molar-refractivity contribution in [3.8, 4) is 11.5 Å². The summed E-state index contributed by atoms with van der Waals surface area (Å²) in [4.78, 5) is 0. The van der Waals surface area contributed by atoms with Gasteiger partial charge in [0, 0.05) is 6.42 Å². The highest BCUT2D eigenvalue weighted by molar-refractivity contribution is 5.40. The largest absolute Gasteiger partial charge is 0.489 e. The Hall–Kier alpha value is -2.74. The van der Waals surface area contributed by atoms with E-state index in [0.717, 1.165) is 23.5 Å². The summed E-state index contributed by atoms with van der Waals surface area (Å²) in [6.45, 7) is 2.68. The van der Waals surface area contributed by atoms with E-state index in [1.54, 1.807) is 0 Å². The minimum atomic E-state index is -0.0231. The molecule has 0 saturated heterocycles. The molecule has 2 nitrogen and oxygen atoms in total. The predicted molar refractivity (Wildman–Crippen MR) is 97.6 cm³/mol. The third-order valence-corrected chi connectivity index (χ3v) is 3.91. The van der Waals surface area contributed by atoms with E-state index in [1.807, 2.05) is 60.7 Å². The fourth-order valence-corrected chi connectivity index (χ4v) is 2.57. The Bertz CT molecular complexity index is 738. The fourth-order valence-electron chi connectivity index (χ4n) is 2.57. The van der Waals surface area contributed by atoms with Crippen LogP contribution in [0.3, 0.4) is 0 Å². The van der Waals surface area contributed by atoms with Crippen LogP contribution in [0.25, 0.3) is 0 Å². The Kier molecular flexibility index (Phi) is 5.52. The highest BCUT2D eigenvalue weighted by Crippen LogP contribution is 2.31. The maximum atomic E-state index is 6.11. The summed E-state index contributed by atoms with van der Waals surface area (Å²) in [5.74, 6) is 1.57. The van der Waals surface area contributed by atoms with Gasteiger partial charge in [0.15, 0.2) is 11.5 Å². The third-order valence-electron chi connectivity index (χ3n) is 3.91. The number of hydrogen-bond donors (Lipinski definition) is 0. The molecule has 0 amide bonds. The smallest absolute Gasteiger partial charge is 0.162 e. The molecule has 2 heteroatoms. The predicted octanol–water partition coefficient (Wildman–Crippen LogP) is 5.45. The normalized spacial score (nSPS) is 11.7. The van der Waals surface area contributed by atoms with E-state index >= 15 is 0 Å². The lowest BCUT2D eigenvalue weighted by atomic mass is 10.1. The Morgan fingerprint density at radius 3 is 2.00 bits per heavy atom. The number of benzene rings is 3. The van der Waals surface area contributed by atoms with Crippen molar-refractivity contribution in [2.45, 2.75) is 19.4 Å². The second-order valence-electron chi connectivity index (χ2n) is 5.70. The molecular weight excluding hydrogens is 296 g/mol. The van der Waals surface area contributed by atoms with Crippen LogP contribution >= 0.6 is 0 Å². The molecule has 0 heterocycles. The zero-order valence-corrected chi connectivity index (χ0v) is 13.9. The van der Waals surface area contributed by atoms with E-state index < -0.39 is 0 Å². The van der Waals surface area contributed by atoms with Crippen LogP contribution in [0.4, 0.5) is 0 Å². The number of hydrogen-bond acceptors (Lipinski definition) is 2. The lowest BCUT2D eigenvalue weighted by Crippen LogP contribution is -2.06. The van der Waals surface area contributed by atoms with Gasteiger partial charge in [0.05, 0.1) is 6.61 Å². The quantitative estimate of drug-likeness (QED) is 0.577. The van der Waals surface area contributed by atoms with Crippen molar-refractivity contribution < 1.29 is 9.47 Å². The molecule has 0 aliphatic carbocycles. The summed E-state index contributed by atoms with van der Waals surface area (Å²) in [5.41, 5.74) is 2.42. The zero-order chi connectivity index (χ0) is 16.6. The molecule has 3 rings (SSSR count). The molecule has 24 heavy (non-hydrogen) atoms. The van der Waals surface area contributed by atoms with Crippen LogP contribution in [0, 0.1) is 0 Å². The van der Waals surface area contributed by atoms with Crippen molar-refractivity contribution in [3.63, 3.8) is 0 Å². The lowest BCUT2D eigenvalue weighted by molar-refractivity contribution is 0.209. The van der Waals surface area contributed by atoms with Gasteiger partial charge in [-0.15, -0.1) is 0 Å². The van der Waals surface area contributed by atoms with Gasteiger partial charge in [-0.25, -0.2) is 0 Å². The van der Waals surface area contributed by atoms with Crippen molar-refractivity contribution >= 4 is 0 Å². The van der Waals surface area contributed by atoms with Crippen LogP contribution in [-0.2, 0) is 6.42 Å². The molecule has 0 aliphatic rings. The average Bonchev–Trinajstić information content (AvgIpc) is 2.65. The van der Waals surface area contributed by atoms with Crippen LogP contribution in [0.2, 0.25) is 0 Å². The van der Waals surface area contributed by atoms with Crippen LogP contribution < -0.4 is 9.47 Å². The first kappa shape index (κ1) is 16.1. The van der Waals surface area contributed by atoms with Gasteiger partial charge in [0.1, 0.15) is 6.10 Å². The standard InChI is InChI=1S/C22H22O2/c1-18(20-12-6-3-7-13-20)24-22-15-9-8-14-21(22)23-17-16-19-10-4-2-5-11-19/h2-15,18H,16-17H2,1H3. The van der Waals surface area contributed by atoms with Gasteiger partial charge < -0.3 is 9.47 Å². The van der Waals surface area contributed by atoms with Crippen LogP contribution in [0.5, 0.6) is 11.5 Å². The van der Waals surface area contributed by atoms with E-state index in [2.05, 4.69) is 31.2 Å². The van der Waals surface area contributed by atoms with E-state index in [9.17, 15) is 0 Å². The first-order chi connectivity index (χ1) is 11.8. The number of para-hydroxylation sites is 2. The van der Waals surface area contributed by atoms with Gasteiger partial charge in [0.25, 0.3) is 0 Å². The molecule has 0 spiro atoms. The van der Waals surface area contributed by atoms with Crippen molar-refractivity contribution in [1.82, 2.24) is 0 Å². The van der Waals surface area contributed by atoms with Crippen LogP contribution in [0.15, 0.2) is 84.9 Å². The van der Waals surface area contributed by atoms with Crippen LogP contribution in [0.1, 0.15) is 24.2 Å². The summed E-state index contributed by atoms with van der Waals surface area (Å²) in [5, 5.41) is 0. The van der Waals surface area contributed by atoms with Crippen molar-refractivity contribution in [2.75, 3.05) is 6.61 Å². The van der Waals surface area contributed by atoms with Gasteiger partial charge >= 0.3 is 0 Å². The Morgan fingerprint density at radius 1 is 0.708 bits per heavy atom. The van der Waals surface area contributed by atoms with Gasteiger partial charge in [0.2, 0.25) is 0 Å². The zero-order valence-electron chi connectivity index (χ0n) is 13.9. The second kappa shape index (κ2) is 8.21. The molecular formula is C22H22O2. The van der Waals surface area contributed by atoms with Crippen LogP contribution in [-0.4, -0.2) is 6.61 Å². The first-order valence-electron chi connectivity index (χ1n) is 8.30. The SMILES string of the molecule is CC(Oc1ccccc1OCCc1ccccc1)c1ccccc1. The third kappa shape index (κ3) is 4.39. The van der Waals surface area contributed by atoms with Gasteiger partial charge in [-0.3, -0.25) is 0 Å². The molecule has 0 aliphatic heterocycles. The Balaban J connectivity index is 1.62. The molecule has 1 unspecified atom stereocenters. The molecule has 122 valence electrons. The molecule has 0 N–H and O–H groups in total. The maximum Gasteiger partial charge on any atom is 0.162 e. The fraction of sp³-hybridized carbons (Fsp3) is 0.182. The minimum absolute atomic E-state index is 0.0231. The Labute approximate surface area is 143 Å². The molecule has 3 aromatic rings. The van der Waals surface area contributed by atoms with Gasteiger partial charge in [-0.1, -0.05) is 72.8 Å². The summed E-state index contributed by atoms with van der Waals surface area (Å²) in [7, 11) is 0. The monoisotopic (exact) mass is 318 g/mol. The summed E-state index contributed by atoms with van der Waals surface area (Å²) in [6.07, 6.45) is 0.855. The molecule has 0 bridgehead atoms.